The zero-order chi connectivity index (χ0) is 12.3. The molecule has 0 unspecified atom stereocenters. The van der Waals surface area contributed by atoms with Gasteiger partial charge < -0.3 is 5.32 Å². The molecule has 16 heavy (non-hydrogen) atoms. The third kappa shape index (κ3) is 3.93. The summed E-state index contributed by atoms with van der Waals surface area (Å²) in [5, 5.41) is 2.81. The molecule has 1 rings (SSSR count). The van der Waals surface area contributed by atoms with Crippen molar-refractivity contribution in [2.75, 3.05) is 6.54 Å². The van der Waals surface area contributed by atoms with Gasteiger partial charge in [-0.3, -0.25) is 4.79 Å². The Morgan fingerprint density at radius 2 is 2.06 bits per heavy atom. The molecule has 0 atom stereocenters. The minimum Gasteiger partial charge on any atom is -0.351 e. The first-order valence-corrected chi connectivity index (χ1v) is 5.82. The summed E-state index contributed by atoms with van der Waals surface area (Å²) in [6, 6.07) is 4.03. The molecular weight excluding hydrogens is 273 g/mol. The summed E-state index contributed by atoms with van der Waals surface area (Å²) in [4.78, 5) is 11.8. The number of hydrogen-bond acceptors (Lipinski definition) is 1. The maximum Gasteiger partial charge on any atom is 0.252 e. The number of amides is 1. The van der Waals surface area contributed by atoms with Crippen molar-refractivity contribution >= 4 is 21.8 Å². The number of nitrogens with one attached hydrogen (secondary N) is 1. The van der Waals surface area contributed by atoms with E-state index in [4.69, 9.17) is 0 Å². The molecule has 4 heteroatoms. The van der Waals surface area contributed by atoms with E-state index < -0.39 is 0 Å². The first-order chi connectivity index (χ1) is 7.29. The predicted octanol–water partition coefficient (Wildman–Crippen LogP) is 3.36. The van der Waals surface area contributed by atoms with Gasteiger partial charge in [-0.15, -0.1) is 0 Å². The Labute approximate surface area is 103 Å². The summed E-state index contributed by atoms with van der Waals surface area (Å²) in [6.07, 6.45) is 0. The molecule has 88 valence electrons. The molecular formula is C12H15BrFNO. The lowest BCUT2D eigenvalue weighted by molar-refractivity contribution is 0.0938. The molecule has 0 fully saturated rings. The van der Waals surface area contributed by atoms with Crippen LogP contribution in [-0.4, -0.2) is 12.5 Å². The average molecular weight is 288 g/mol. The van der Waals surface area contributed by atoms with E-state index in [0.717, 1.165) is 0 Å². The van der Waals surface area contributed by atoms with Crippen LogP contribution in [0.1, 0.15) is 31.1 Å². The molecule has 0 aliphatic heterocycles. The summed E-state index contributed by atoms with van der Waals surface area (Å²) in [5.41, 5.74) is 0.480. The van der Waals surface area contributed by atoms with Gasteiger partial charge in [-0.1, -0.05) is 20.8 Å². The van der Waals surface area contributed by atoms with Crippen LogP contribution in [0.25, 0.3) is 0 Å². The highest BCUT2D eigenvalue weighted by Gasteiger charge is 2.15. The highest BCUT2D eigenvalue weighted by Crippen LogP contribution is 2.18. The normalized spacial score (nSPS) is 11.3. The first kappa shape index (κ1) is 13.2. The van der Waals surface area contributed by atoms with E-state index in [0.29, 0.717) is 16.6 Å². The van der Waals surface area contributed by atoms with Gasteiger partial charge in [0, 0.05) is 11.0 Å². The molecule has 1 N–H and O–H groups in total. The molecule has 0 spiro atoms. The van der Waals surface area contributed by atoms with Gasteiger partial charge in [-0.05, 0) is 39.5 Å². The Balaban J connectivity index is 2.74. The van der Waals surface area contributed by atoms with Gasteiger partial charge in [0.25, 0.3) is 5.91 Å². The third-order valence-corrected chi connectivity index (χ3v) is 2.61. The predicted molar refractivity (Wildman–Crippen MR) is 65.9 cm³/mol. The molecule has 2 nitrogen and oxygen atoms in total. The number of carbonyl (C=O) groups is 1. The van der Waals surface area contributed by atoms with Crippen LogP contribution in [0.15, 0.2) is 22.7 Å². The number of carbonyl (C=O) groups excluding carboxylic acids is 1. The molecule has 1 amide bonds. The fraction of sp³-hybridized carbons (Fsp3) is 0.417. The van der Waals surface area contributed by atoms with Crippen LogP contribution in [0.2, 0.25) is 0 Å². The number of benzene rings is 1. The second kappa shape index (κ2) is 4.95. The minimum absolute atomic E-state index is 0.0299. The molecule has 0 radical (unpaired) electrons. The minimum atomic E-state index is -0.362. The Kier molecular flexibility index (Phi) is 4.08. The third-order valence-electron chi connectivity index (χ3n) is 1.96. The Bertz CT molecular complexity index is 398. The Morgan fingerprint density at radius 1 is 1.44 bits per heavy atom. The second-order valence-electron chi connectivity index (χ2n) is 4.87. The van der Waals surface area contributed by atoms with Gasteiger partial charge in [0.1, 0.15) is 5.82 Å². The highest BCUT2D eigenvalue weighted by molar-refractivity contribution is 9.10. The van der Waals surface area contributed by atoms with Crippen LogP contribution in [0.5, 0.6) is 0 Å². The van der Waals surface area contributed by atoms with E-state index in [1.165, 1.54) is 18.2 Å². The zero-order valence-corrected chi connectivity index (χ0v) is 11.2. The van der Waals surface area contributed by atoms with Gasteiger partial charge in [0.2, 0.25) is 0 Å². The SMILES string of the molecule is CC(C)(C)CNC(=O)c1ccc(F)cc1Br. The largest absolute Gasteiger partial charge is 0.351 e. The van der Waals surface area contributed by atoms with Crippen molar-refractivity contribution in [2.24, 2.45) is 5.41 Å². The van der Waals surface area contributed by atoms with Crippen molar-refractivity contribution < 1.29 is 9.18 Å². The Morgan fingerprint density at radius 3 is 2.56 bits per heavy atom. The second-order valence-corrected chi connectivity index (χ2v) is 5.72. The van der Waals surface area contributed by atoms with E-state index in [9.17, 15) is 9.18 Å². The molecule has 0 aliphatic carbocycles. The maximum atomic E-state index is 12.8. The lowest BCUT2D eigenvalue weighted by Gasteiger charge is -2.18. The van der Waals surface area contributed by atoms with Crippen LogP contribution in [0.4, 0.5) is 4.39 Å². The lowest BCUT2D eigenvalue weighted by Crippen LogP contribution is -2.32. The first-order valence-electron chi connectivity index (χ1n) is 5.03. The molecule has 0 bridgehead atoms. The quantitative estimate of drug-likeness (QED) is 0.888. The van der Waals surface area contributed by atoms with Crippen LogP contribution < -0.4 is 5.32 Å². The van der Waals surface area contributed by atoms with Crippen LogP contribution in [0, 0.1) is 11.2 Å². The summed E-state index contributed by atoms with van der Waals surface area (Å²) < 4.78 is 13.3. The summed E-state index contributed by atoms with van der Waals surface area (Å²) in [5.74, 6) is -0.555. The monoisotopic (exact) mass is 287 g/mol. The van der Waals surface area contributed by atoms with Gasteiger partial charge in [0.15, 0.2) is 0 Å². The maximum absolute atomic E-state index is 12.8. The van der Waals surface area contributed by atoms with E-state index >= 15 is 0 Å². The summed E-state index contributed by atoms with van der Waals surface area (Å²) in [7, 11) is 0. The van der Waals surface area contributed by atoms with Gasteiger partial charge >= 0.3 is 0 Å². The van der Waals surface area contributed by atoms with Crippen LogP contribution in [-0.2, 0) is 0 Å². The van der Waals surface area contributed by atoms with E-state index in [-0.39, 0.29) is 17.1 Å². The fourth-order valence-electron chi connectivity index (χ4n) is 1.11. The molecule has 1 aromatic carbocycles. The number of halogens is 2. The van der Waals surface area contributed by atoms with E-state index in [2.05, 4.69) is 21.2 Å². The molecule has 0 saturated carbocycles. The van der Waals surface area contributed by atoms with E-state index in [1.807, 2.05) is 20.8 Å². The van der Waals surface area contributed by atoms with Crippen LogP contribution in [0.3, 0.4) is 0 Å². The molecule has 0 heterocycles. The molecule has 1 aromatic rings. The van der Waals surface area contributed by atoms with E-state index in [1.54, 1.807) is 0 Å². The van der Waals surface area contributed by atoms with Gasteiger partial charge in [-0.25, -0.2) is 4.39 Å². The van der Waals surface area contributed by atoms with Gasteiger partial charge in [0.05, 0.1) is 5.56 Å². The molecule has 0 aromatic heterocycles. The van der Waals surface area contributed by atoms with Gasteiger partial charge in [-0.2, -0.15) is 0 Å². The van der Waals surface area contributed by atoms with Crippen molar-refractivity contribution in [3.05, 3.63) is 34.1 Å². The van der Waals surface area contributed by atoms with Crippen LogP contribution >= 0.6 is 15.9 Å². The fourth-order valence-corrected chi connectivity index (χ4v) is 1.65. The molecule has 0 aliphatic rings. The Hall–Kier alpha value is -0.900. The summed E-state index contributed by atoms with van der Waals surface area (Å²) >= 11 is 3.17. The number of hydrogen-bond donors (Lipinski definition) is 1. The molecule has 0 saturated heterocycles. The lowest BCUT2D eigenvalue weighted by atomic mass is 9.97. The smallest absolute Gasteiger partial charge is 0.252 e. The standard InChI is InChI=1S/C12H15BrFNO/c1-12(2,3)7-15-11(16)9-5-4-8(14)6-10(9)13/h4-6H,7H2,1-3H3,(H,15,16). The zero-order valence-electron chi connectivity index (χ0n) is 9.60. The van der Waals surface area contributed by atoms with Crippen molar-refractivity contribution in [1.29, 1.82) is 0 Å². The average Bonchev–Trinajstić information content (AvgIpc) is 2.13. The number of rotatable bonds is 2. The van der Waals surface area contributed by atoms with Crippen molar-refractivity contribution in [3.63, 3.8) is 0 Å². The highest BCUT2D eigenvalue weighted by atomic mass is 79.9. The van der Waals surface area contributed by atoms with Crippen molar-refractivity contribution in [3.8, 4) is 0 Å². The summed E-state index contributed by atoms with van der Waals surface area (Å²) in [6.45, 7) is 6.68. The topological polar surface area (TPSA) is 29.1 Å². The van der Waals surface area contributed by atoms with Crippen molar-refractivity contribution in [1.82, 2.24) is 5.32 Å². The van der Waals surface area contributed by atoms with Crippen molar-refractivity contribution in [2.45, 2.75) is 20.8 Å².